The number of amides is 1. The molecule has 2 atom stereocenters. The largest absolute Gasteiger partial charge is 0.453 e. The van der Waals surface area contributed by atoms with E-state index in [9.17, 15) is 18.3 Å². The Hall–Kier alpha value is -0.820. The van der Waals surface area contributed by atoms with Crippen LogP contribution in [0.15, 0.2) is 0 Å². The van der Waals surface area contributed by atoms with Gasteiger partial charge in [0.2, 0.25) is 0 Å². The Morgan fingerprint density at radius 2 is 2.15 bits per heavy atom. The number of hydrogen-bond donors (Lipinski definition) is 2. The monoisotopic (exact) mass is 209 g/mol. The summed E-state index contributed by atoms with van der Waals surface area (Å²) in [6, 6.07) is -0.752. The van der Waals surface area contributed by atoms with Crippen LogP contribution in [0.4, 0.5) is 4.79 Å². The molecule has 0 spiro atoms. The number of methoxy groups -OCH3 is 1. The normalized spacial score (nSPS) is 31.2. The van der Waals surface area contributed by atoms with Crippen molar-refractivity contribution in [1.29, 1.82) is 0 Å². The van der Waals surface area contributed by atoms with E-state index >= 15 is 0 Å². The van der Waals surface area contributed by atoms with Crippen LogP contribution in [-0.4, -0.2) is 50.4 Å². The average Bonchev–Trinajstić information content (AvgIpc) is 2.24. The van der Waals surface area contributed by atoms with E-state index in [1.165, 1.54) is 7.11 Å². The van der Waals surface area contributed by atoms with Gasteiger partial charge >= 0.3 is 6.09 Å². The summed E-state index contributed by atoms with van der Waals surface area (Å²) in [5, 5.41) is 11.5. The minimum atomic E-state index is -3.22. The number of nitrogens with one attached hydrogen (secondary N) is 1. The first-order chi connectivity index (χ1) is 5.94. The second-order valence-electron chi connectivity index (χ2n) is 2.89. The predicted octanol–water partition coefficient (Wildman–Crippen LogP) is -1.50. The molecule has 2 N–H and O–H groups in total. The first kappa shape index (κ1) is 10.3. The molecule has 1 aliphatic rings. The molecule has 6 nitrogen and oxygen atoms in total. The lowest BCUT2D eigenvalue weighted by molar-refractivity contribution is 0.138. The lowest BCUT2D eigenvalue weighted by atomic mass is 10.2. The standard InChI is InChI=1S/C6H11NO5S/c1-12-6(9)7-4-2-13(10,11)3-5(4)8/h4-5,8H,2-3H2,1H3,(H,7,9)/t4-,5+/m0/s1. The number of ether oxygens (including phenoxy) is 1. The van der Waals surface area contributed by atoms with Gasteiger partial charge in [-0.05, 0) is 0 Å². The van der Waals surface area contributed by atoms with Crippen molar-refractivity contribution in [3.05, 3.63) is 0 Å². The number of carbonyl (C=O) groups is 1. The van der Waals surface area contributed by atoms with E-state index < -0.39 is 28.1 Å². The second-order valence-corrected chi connectivity index (χ2v) is 5.04. The van der Waals surface area contributed by atoms with Crippen LogP contribution in [0.25, 0.3) is 0 Å². The van der Waals surface area contributed by atoms with E-state index in [0.29, 0.717) is 0 Å². The summed E-state index contributed by atoms with van der Waals surface area (Å²) in [5.74, 6) is -0.537. The van der Waals surface area contributed by atoms with Crippen LogP contribution in [0, 0.1) is 0 Å². The second kappa shape index (κ2) is 3.51. The van der Waals surface area contributed by atoms with Crippen LogP contribution in [0.3, 0.4) is 0 Å². The summed E-state index contributed by atoms with van der Waals surface area (Å²) in [5.41, 5.74) is 0. The maximum atomic E-state index is 11.0. The summed E-state index contributed by atoms with van der Waals surface area (Å²) in [6.07, 6.45) is -1.77. The number of rotatable bonds is 1. The fourth-order valence-corrected chi connectivity index (χ4v) is 2.92. The van der Waals surface area contributed by atoms with Gasteiger partial charge in [0.25, 0.3) is 0 Å². The van der Waals surface area contributed by atoms with Gasteiger partial charge in [0.05, 0.1) is 30.8 Å². The van der Waals surface area contributed by atoms with E-state index in [-0.39, 0.29) is 11.5 Å². The molecule has 0 bridgehead atoms. The van der Waals surface area contributed by atoms with E-state index in [2.05, 4.69) is 10.1 Å². The summed E-state index contributed by atoms with van der Waals surface area (Å²) >= 11 is 0. The molecule has 1 heterocycles. The molecule has 1 fully saturated rings. The van der Waals surface area contributed by atoms with E-state index in [0.717, 1.165) is 0 Å². The molecule has 1 saturated heterocycles. The lowest BCUT2D eigenvalue weighted by Crippen LogP contribution is -2.42. The van der Waals surface area contributed by atoms with Crippen LogP contribution >= 0.6 is 0 Å². The highest BCUT2D eigenvalue weighted by molar-refractivity contribution is 7.91. The van der Waals surface area contributed by atoms with Crippen molar-refractivity contribution in [2.45, 2.75) is 12.1 Å². The first-order valence-electron chi connectivity index (χ1n) is 3.67. The molecule has 76 valence electrons. The quantitative estimate of drug-likeness (QED) is 0.548. The molecular formula is C6H11NO5S. The third kappa shape index (κ3) is 2.56. The maximum absolute atomic E-state index is 11.0. The molecule has 1 rings (SSSR count). The van der Waals surface area contributed by atoms with Crippen LogP contribution in [0.5, 0.6) is 0 Å². The highest BCUT2D eigenvalue weighted by Crippen LogP contribution is 2.12. The number of aliphatic hydroxyl groups excluding tert-OH is 1. The summed E-state index contributed by atoms with van der Waals surface area (Å²) < 4.78 is 26.2. The number of carbonyl (C=O) groups excluding carboxylic acids is 1. The van der Waals surface area contributed by atoms with Crippen LogP contribution in [0.1, 0.15) is 0 Å². The van der Waals surface area contributed by atoms with Crippen LogP contribution in [-0.2, 0) is 14.6 Å². The Bertz CT molecular complexity index is 298. The zero-order valence-electron chi connectivity index (χ0n) is 7.06. The Labute approximate surface area is 75.8 Å². The van der Waals surface area contributed by atoms with Gasteiger partial charge in [0.15, 0.2) is 9.84 Å². The number of hydrogen-bond acceptors (Lipinski definition) is 5. The van der Waals surface area contributed by atoms with Crippen molar-refractivity contribution in [3.8, 4) is 0 Å². The van der Waals surface area contributed by atoms with Gasteiger partial charge in [-0.25, -0.2) is 13.2 Å². The molecular weight excluding hydrogens is 198 g/mol. The van der Waals surface area contributed by atoms with Crippen molar-refractivity contribution in [2.24, 2.45) is 0 Å². The third-order valence-corrected chi connectivity index (χ3v) is 3.53. The van der Waals surface area contributed by atoms with E-state index in [4.69, 9.17) is 0 Å². The molecule has 13 heavy (non-hydrogen) atoms. The molecule has 7 heteroatoms. The van der Waals surface area contributed by atoms with Crippen molar-refractivity contribution in [2.75, 3.05) is 18.6 Å². The predicted molar refractivity (Wildman–Crippen MR) is 44.0 cm³/mol. The van der Waals surface area contributed by atoms with Gasteiger partial charge in [-0.1, -0.05) is 0 Å². The lowest BCUT2D eigenvalue weighted by Gasteiger charge is -2.12. The molecule has 0 aromatic heterocycles. The summed E-state index contributed by atoms with van der Waals surface area (Å²) in [4.78, 5) is 10.7. The molecule has 1 amide bonds. The van der Waals surface area contributed by atoms with Gasteiger partial charge in [0.1, 0.15) is 0 Å². The minimum Gasteiger partial charge on any atom is -0.453 e. The van der Waals surface area contributed by atoms with Gasteiger partial charge in [-0.2, -0.15) is 0 Å². The zero-order valence-corrected chi connectivity index (χ0v) is 7.87. The van der Waals surface area contributed by atoms with Crippen LogP contribution in [0.2, 0.25) is 0 Å². The maximum Gasteiger partial charge on any atom is 0.407 e. The van der Waals surface area contributed by atoms with Gasteiger partial charge < -0.3 is 15.2 Å². The van der Waals surface area contributed by atoms with Gasteiger partial charge in [-0.3, -0.25) is 0 Å². The van der Waals surface area contributed by atoms with Crippen molar-refractivity contribution < 1.29 is 23.1 Å². The SMILES string of the molecule is COC(=O)N[C@H]1CS(=O)(=O)C[C@H]1O. The van der Waals surface area contributed by atoms with E-state index in [1.54, 1.807) is 0 Å². The number of alkyl carbamates (subject to hydrolysis) is 1. The topological polar surface area (TPSA) is 92.7 Å². The Kier molecular flexibility index (Phi) is 2.77. The zero-order chi connectivity index (χ0) is 10.1. The smallest absolute Gasteiger partial charge is 0.407 e. The fraction of sp³-hybridized carbons (Fsp3) is 0.833. The molecule has 0 unspecified atom stereocenters. The Morgan fingerprint density at radius 3 is 2.54 bits per heavy atom. The average molecular weight is 209 g/mol. The Balaban J connectivity index is 2.59. The van der Waals surface area contributed by atoms with Crippen molar-refractivity contribution >= 4 is 15.9 Å². The van der Waals surface area contributed by atoms with Crippen molar-refractivity contribution in [1.82, 2.24) is 5.32 Å². The van der Waals surface area contributed by atoms with E-state index in [1.807, 2.05) is 0 Å². The summed E-state index contributed by atoms with van der Waals surface area (Å²) in [6.45, 7) is 0. The Morgan fingerprint density at radius 1 is 1.54 bits per heavy atom. The van der Waals surface area contributed by atoms with Crippen LogP contribution < -0.4 is 5.32 Å². The molecule has 0 radical (unpaired) electrons. The number of aliphatic hydroxyl groups is 1. The fourth-order valence-electron chi connectivity index (χ4n) is 1.18. The van der Waals surface area contributed by atoms with Gasteiger partial charge in [0, 0.05) is 0 Å². The van der Waals surface area contributed by atoms with Gasteiger partial charge in [-0.15, -0.1) is 0 Å². The first-order valence-corrected chi connectivity index (χ1v) is 5.50. The van der Waals surface area contributed by atoms with Crippen molar-refractivity contribution in [3.63, 3.8) is 0 Å². The molecule has 0 aromatic rings. The molecule has 1 aliphatic heterocycles. The molecule has 0 saturated carbocycles. The summed E-state index contributed by atoms with van der Waals surface area (Å²) in [7, 11) is -2.05. The molecule has 0 aromatic carbocycles. The molecule has 0 aliphatic carbocycles. The highest BCUT2D eigenvalue weighted by atomic mass is 32.2. The highest BCUT2D eigenvalue weighted by Gasteiger charge is 2.37. The third-order valence-electron chi connectivity index (χ3n) is 1.81. The minimum absolute atomic E-state index is 0.233. The number of sulfone groups is 1.